The summed E-state index contributed by atoms with van der Waals surface area (Å²) < 4.78 is 5.53. The normalized spacial score (nSPS) is 23.9. The van der Waals surface area contributed by atoms with Crippen LogP contribution in [0, 0.1) is 5.41 Å². The van der Waals surface area contributed by atoms with Gasteiger partial charge in [-0.15, -0.1) is 0 Å². The van der Waals surface area contributed by atoms with Gasteiger partial charge >= 0.3 is 6.09 Å². The zero-order chi connectivity index (χ0) is 14.8. The molecule has 2 rings (SSSR count). The second-order valence-electron chi connectivity index (χ2n) is 7.44. The number of carbonyl (C=O) groups excluding carboxylic acids is 1. The van der Waals surface area contributed by atoms with Crippen molar-refractivity contribution in [3.8, 4) is 0 Å². The van der Waals surface area contributed by atoms with Crippen LogP contribution < -0.4 is 0 Å². The highest BCUT2D eigenvalue weighted by Crippen LogP contribution is 2.40. The Morgan fingerprint density at radius 1 is 1.15 bits per heavy atom. The maximum absolute atomic E-state index is 12.3. The molecule has 0 aliphatic carbocycles. The topological polar surface area (TPSA) is 32.8 Å². The second-order valence-corrected chi connectivity index (χ2v) is 7.44. The molecule has 1 amide bonds. The van der Waals surface area contributed by atoms with Crippen LogP contribution in [0.5, 0.6) is 0 Å². The first-order valence-electron chi connectivity index (χ1n) is 8.04. The summed E-state index contributed by atoms with van der Waals surface area (Å²) in [4.78, 5) is 16.7. The van der Waals surface area contributed by atoms with E-state index in [1.165, 1.54) is 32.4 Å². The zero-order valence-electron chi connectivity index (χ0n) is 13.6. The maximum Gasteiger partial charge on any atom is 0.410 e. The van der Waals surface area contributed by atoms with Crippen molar-refractivity contribution in [1.82, 2.24) is 9.80 Å². The van der Waals surface area contributed by atoms with Crippen molar-refractivity contribution in [1.29, 1.82) is 0 Å². The molecule has 2 aliphatic rings. The maximum atomic E-state index is 12.3. The fraction of sp³-hybridized carbons (Fsp3) is 0.938. The molecule has 0 saturated carbocycles. The minimum absolute atomic E-state index is 0.130. The quantitative estimate of drug-likeness (QED) is 0.741. The Labute approximate surface area is 123 Å². The van der Waals surface area contributed by atoms with E-state index in [4.69, 9.17) is 4.74 Å². The van der Waals surface area contributed by atoms with Crippen molar-refractivity contribution >= 4 is 6.09 Å². The molecule has 0 aromatic heterocycles. The number of hydrogen-bond acceptors (Lipinski definition) is 3. The molecule has 0 bridgehead atoms. The molecule has 0 unspecified atom stereocenters. The van der Waals surface area contributed by atoms with E-state index in [9.17, 15) is 4.79 Å². The van der Waals surface area contributed by atoms with Crippen molar-refractivity contribution in [2.24, 2.45) is 5.41 Å². The van der Waals surface area contributed by atoms with Gasteiger partial charge < -0.3 is 14.5 Å². The lowest BCUT2D eigenvalue weighted by atomic mass is 9.72. The summed E-state index contributed by atoms with van der Waals surface area (Å²) in [5.74, 6) is 0. The first-order chi connectivity index (χ1) is 9.34. The molecule has 2 fully saturated rings. The summed E-state index contributed by atoms with van der Waals surface area (Å²) in [7, 11) is 0. The van der Waals surface area contributed by atoms with Gasteiger partial charge in [-0.25, -0.2) is 4.79 Å². The van der Waals surface area contributed by atoms with Gasteiger partial charge in [0.05, 0.1) is 0 Å². The van der Waals surface area contributed by atoms with Gasteiger partial charge in [0.1, 0.15) is 5.60 Å². The third kappa shape index (κ3) is 3.87. The molecular formula is C16H30N2O2. The van der Waals surface area contributed by atoms with Crippen LogP contribution >= 0.6 is 0 Å². The second kappa shape index (κ2) is 5.92. The van der Waals surface area contributed by atoms with Gasteiger partial charge in [-0.2, -0.15) is 0 Å². The van der Waals surface area contributed by atoms with Gasteiger partial charge in [0.2, 0.25) is 0 Å². The van der Waals surface area contributed by atoms with Crippen LogP contribution in [0.15, 0.2) is 0 Å². The van der Waals surface area contributed by atoms with E-state index in [2.05, 4.69) is 11.8 Å². The standard InChI is InChI=1S/C16H30N2O2/c1-5-17-11-8-16(9-12-17)7-6-10-18(13-16)14(19)20-15(2,3)4/h5-13H2,1-4H3. The third-order valence-corrected chi connectivity index (χ3v) is 4.68. The molecule has 2 aliphatic heterocycles. The molecule has 4 heteroatoms. The summed E-state index contributed by atoms with van der Waals surface area (Å²) in [5.41, 5.74) is -0.0475. The predicted octanol–water partition coefficient (Wildman–Crippen LogP) is 3.12. The number of piperidine rings is 2. The zero-order valence-corrected chi connectivity index (χ0v) is 13.6. The highest BCUT2D eigenvalue weighted by molar-refractivity contribution is 5.68. The Balaban J connectivity index is 1.93. The lowest BCUT2D eigenvalue weighted by Gasteiger charge is -2.47. The first kappa shape index (κ1) is 15.6. The average Bonchev–Trinajstić information content (AvgIpc) is 2.38. The Morgan fingerprint density at radius 2 is 1.80 bits per heavy atom. The van der Waals surface area contributed by atoms with E-state index in [1.807, 2.05) is 25.7 Å². The van der Waals surface area contributed by atoms with Gasteiger partial charge in [-0.1, -0.05) is 6.92 Å². The summed E-state index contributed by atoms with van der Waals surface area (Å²) in [6.07, 6.45) is 4.70. The molecule has 116 valence electrons. The van der Waals surface area contributed by atoms with E-state index in [-0.39, 0.29) is 6.09 Å². The minimum atomic E-state index is -0.396. The highest BCUT2D eigenvalue weighted by Gasteiger charge is 2.40. The Kier molecular flexibility index (Phi) is 4.62. The summed E-state index contributed by atoms with van der Waals surface area (Å²) in [5, 5.41) is 0. The number of carbonyl (C=O) groups is 1. The average molecular weight is 282 g/mol. The van der Waals surface area contributed by atoms with E-state index in [0.29, 0.717) is 5.41 Å². The molecule has 1 spiro atoms. The number of nitrogens with zero attached hydrogens (tertiary/aromatic N) is 2. The van der Waals surface area contributed by atoms with E-state index < -0.39 is 5.60 Å². The van der Waals surface area contributed by atoms with Gasteiger partial charge in [0.15, 0.2) is 0 Å². The van der Waals surface area contributed by atoms with Crippen molar-refractivity contribution in [2.45, 2.75) is 59.0 Å². The summed E-state index contributed by atoms with van der Waals surface area (Å²) >= 11 is 0. The lowest BCUT2D eigenvalue weighted by Crippen LogP contribution is -2.51. The molecule has 2 heterocycles. The van der Waals surface area contributed by atoms with Gasteiger partial charge in [0, 0.05) is 13.1 Å². The first-order valence-corrected chi connectivity index (χ1v) is 8.04. The lowest BCUT2D eigenvalue weighted by molar-refractivity contribution is -0.0109. The summed E-state index contributed by atoms with van der Waals surface area (Å²) in [6, 6.07) is 0. The number of ether oxygens (including phenoxy) is 1. The van der Waals surface area contributed by atoms with Crippen molar-refractivity contribution in [3.63, 3.8) is 0 Å². The van der Waals surface area contributed by atoms with Gasteiger partial charge in [-0.05, 0) is 71.5 Å². The van der Waals surface area contributed by atoms with Crippen LogP contribution in [0.4, 0.5) is 4.79 Å². The Bertz CT molecular complexity index is 341. The molecule has 2 saturated heterocycles. The van der Waals surface area contributed by atoms with E-state index in [0.717, 1.165) is 26.1 Å². The monoisotopic (exact) mass is 282 g/mol. The van der Waals surface area contributed by atoms with Crippen molar-refractivity contribution in [3.05, 3.63) is 0 Å². The van der Waals surface area contributed by atoms with E-state index >= 15 is 0 Å². The smallest absolute Gasteiger partial charge is 0.410 e. The molecule has 0 radical (unpaired) electrons. The van der Waals surface area contributed by atoms with E-state index in [1.54, 1.807) is 0 Å². The van der Waals surface area contributed by atoms with Crippen LogP contribution in [-0.2, 0) is 4.74 Å². The molecule has 20 heavy (non-hydrogen) atoms. The van der Waals surface area contributed by atoms with Crippen LogP contribution in [-0.4, -0.2) is 54.2 Å². The molecule has 0 N–H and O–H groups in total. The molecule has 0 atom stereocenters. The predicted molar refractivity (Wildman–Crippen MR) is 80.8 cm³/mol. The number of rotatable bonds is 1. The summed E-state index contributed by atoms with van der Waals surface area (Å²) in [6.45, 7) is 13.3. The van der Waals surface area contributed by atoms with Crippen LogP contribution in [0.2, 0.25) is 0 Å². The van der Waals surface area contributed by atoms with Crippen molar-refractivity contribution in [2.75, 3.05) is 32.7 Å². The van der Waals surface area contributed by atoms with Crippen molar-refractivity contribution < 1.29 is 9.53 Å². The Hall–Kier alpha value is -0.770. The highest BCUT2D eigenvalue weighted by atomic mass is 16.6. The Morgan fingerprint density at radius 3 is 2.35 bits per heavy atom. The number of amides is 1. The third-order valence-electron chi connectivity index (χ3n) is 4.68. The fourth-order valence-corrected chi connectivity index (χ4v) is 3.44. The molecule has 0 aromatic carbocycles. The fourth-order valence-electron chi connectivity index (χ4n) is 3.44. The van der Waals surface area contributed by atoms with Crippen LogP contribution in [0.25, 0.3) is 0 Å². The van der Waals surface area contributed by atoms with Crippen LogP contribution in [0.3, 0.4) is 0 Å². The van der Waals surface area contributed by atoms with Crippen LogP contribution in [0.1, 0.15) is 53.4 Å². The minimum Gasteiger partial charge on any atom is -0.444 e. The number of likely N-dealkylation sites (tertiary alicyclic amines) is 2. The number of hydrogen-bond donors (Lipinski definition) is 0. The largest absolute Gasteiger partial charge is 0.444 e. The molecule has 0 aromatic rings. The van der Waals surface area contributed by atoms with Gasteiger partial charge in [-0.3, -0.25) is 0 Å². The SMILES string of the molecule is CCN1CCC2(CCCN(C(=O)OC(C)(C)C)C2)CC1. The molecular weight excluding hydrogens is 252 g/mol. The van der Waals surface area contributed by atoms with Gasteiger partial charge in [0.25, 0.3) is 0 Å². The molecule has 4 nitrogen and oxygen atoms in total.